The maximum absolute atomic E-state index is 13.1. The number of nitrogens with zero attached hydrogens (tertiary/aromatic N) is 3. The lowest BCUT2D eigenvalue weighted by Crippen LogP contribution is -2.54. The highest BCUT2D eigenvalue weighted by atomic mass is 35.5. The second kappa shape index (κ2) is 10.1. The van der Waals surface area contributed by atoms with E-state index < -0.39 is 5.54 Å². The van der Waals surface area contributed by atoms with Crippen LogP contribution >= 0.6 is 12.4 Å². The highest BCUT2D eigenvalue weighted by Gasteiger charge is 2.41. The fourth-order valence-electron chi connectivity index (χ4n) is 4.31. The van der Waals surface area contributed by atoms with Crippen molar-refractivity contribution in [2.75, 3.05) is 26.2 Å². The molecule has 4 rings (SSSR count). The highest BCUT2D eigenvalue weighted by Crippen LogP contribution is 2.27. The van der Waals surface area contributed by atoms with Crippen molar-refractivity contribution in [1.82, 2.24) is 25.3 Å². The molecule has 7 nitrogen and oxygen atoms in total. The smallest absolute Gasteiger partial charge is 0.253 e. The lowest BCUT2D eigenvalue weighted by atomic mass is 9.87. The van der Waals surface area contributed by atoms with Gasteiger partial charge in [-0.15, -0.1) is 12.4 Å². The van der Waals surface area contributed by atoms with E-state index in [0.717, 1.165) is 44.6 Å². The minimum absolute atomic E-state index is 0. The Morgan fingerprint density at radius 3 is 2.40 bits per heavy atom. The number of aromatic nitrogens is 2. The predicted octanol–water partition coefficient (Wildman–Crippen LogP) is 2.33. The van der Waals surface area contributed by atoms with Crippen molar-refractivity contribution in [3.8, 4) is 0 Å². The Bertz CT molecular complexity index is 826. The summed E-state index contributed by atoms with van der Waals surface area (Å²) in [6.45, 7) is 3.72. The van der Waals surface area contributed by atoms with E-state index in [-0.39, 0.29) is 24.2 Å². The highest BCUT2D eigenvalue weighted by molar-refractivity contribution is 5.94. The summed E-state index contributed by atoms with van der Waals surface area (Å²) in [7, 11) is 0. The van der Waals surface area contributed by atoms with Gasteiger partial charge >= 0.3 is 0 Å². The van der Waals surface area contributed by atoms with Crippen LogP contribution in [-0.2, 0) is 16.9 Å². The Hall–Kier alpha value is -2.38. The van der Waals surface area contributed by atoms with Crippen molar-refractivity contribution < 1.29 is 9.59 Å². The number of benzene rings is 1. The number of nitrogens with one attached hydrogen (secondary N) is 2. The first-order valence-electron chi connectivity index (χ1n) is 10.6. The predicted molar refractivity (Wildman–Crippen MR) is 118 cm³/mol. The Morgan fingerprint density at radius 1 is 1.07 bits per heavy atom. The summed E-state index contributed by atoms with van der Waals surface area (Å²) in [5, 5.41) is 10.8. The molecule has 0 atom stereocenters. The number of carbonyl (C=O) groups is 2. The minimum Gasteiger partial charge on any atom is -0.350 e. The molecule has 2 N–H and O–H groups in total. The molecule has 1 aromatic heterocycles. The first-order chi connectivity index (χ1) is 14.2. The van der Waals surface area contributed by atoms with Gasteiger partial charge in [-0.05, 0) is 69.0 Å². The molecule has 0 bridgehead atoms. The van der Waals surface area contributed by atoms with Gasteiger partial charge in [-0.2, -0.15) is 5.10 Å². The average Bonchev–Trinajstić information content (AvgIpc) is 3.34. The first kappa shape index (κ1) is 22.3. The van der Waals surface area contributed by atoms with Gasteiger partial charge in [-0.25, -0.2) is 0 Å². The van der Waals surface area contributed by atoms with Crippen LogP contribution in [0.25, 0.3) is 0 Å². The first-order valence-corrected chi connectivity index (χ1v) is 10.6. The molecule has 0 saturated carbocycles. The third-order valence-electron chi connectivity index (χ3n) is 6.09. The molecule has 2 aromatic rings. The maximum Gasteiger partial charge on any atom is 0.253 e. The molecular formula is C22H30ClN5O2. The van der Waals surface area contributed by atoms with Crippen LogP contribution in [0.3, 0.4) is 0 Å². The van der Waals surface area contributed by atoms with Crippen LogP contribution in [0.15, 0.2) is 42.7 Å². The monoisotopic (exact) mass is 431 g/mol. The minimum atomic E-state index is -0.640. The molecule has 3 heterocycles. The van der Waals surface area contributed by atoms with E-state index in [0.29, 0.717) is 24.9 Å². The van der Waals surface area contributed by atoms with E-state index in [1.165, 1.54) is 6.42 Å². The van der Waals surface area contributed by atoms with Crippen molar-refractivity contribution in [3.05, 3.63) is 53.9 Å². The summed E-state index contributed by atoms with van der Waals surface area (Å²) in [5.74, 6) is 0.101. The molecule has 2 fully saturated rings. The molecule has 8 heteroatoms. The molecule has 2 saturated heterocycles. The van der Waals surface area contributed by atoms with Crippen LogP contribution in [0, 0.1) is 0 Å². The third-order valence-corrected chi connectivity index (χ3v) is 6.09. The van der Waals surface area contributed by atoms with E-state index in [2.05, 4.69) is 15.7 Å². The Balaban J connectivity index is 0.00000256. The SMILES string of the molecule is Cl.O=C(c1ccc(CNC(=O)C2(n3cccn3)CCNCC2)cc1)N1CCCCC1. The molecule has 2 amide bonds. The number of amides is 2. The van der Waals surface area contributed by atoms with Gasteiger partial charge in [0.1, 0.15) is 5.54 Å². The van der Waals surface area contributed by atoms with Gasteiger partial charge in [0.05, 0.1) is 0 Å². The Morgan fingerprint density at radius 2 is 1.77 bits per heavy atom. The second-order valence-electron chi connectivity index (χ2n) is 7.96. The summed E-state index contributed by atoms with van der Waals surface area (Å²) in [6.07, 6.45) is 8.39. The van der Waals surface area contributed by atoms with Crippen LogP contribution in [0.1, 0.15) is 48.0 Å². The van der Waals surface area contributed by atoms with Crippen molar-refractivity contribution >= 4 is 24.2 Å². The van der Waals surface area contributed by atoms with Crippen molar-refractivity contribution in [2.45, 2.75) is 44.2 Å². The van der Waals surface area contributed by atoms with Crippen molar-refractivity contribution in [3.63, 3.8) is 0 Å². The Kier molecular flexibility index (Phi) is 7.50. The third kappa shape index (κ3) is 4.68. The molecule has 2 aliphatic rings. The van der Waals surface area contributed by atoms with Gasteiger partial charge < -0.3 is 15.5 Å². The van der Waals surface area contributed by atoms with E-state index >= 15 is 0 Å². The number of piperidine rings is 2. The van der Waals surface area contributed by atoms with Gasteiger partial charge in [0, 0.05) is 37.6 Å². The van der Waals surface area contributed by atoms with Gasteiger partial charge in [0.2, 0.25) is 5.91 Å². The zero-order chi connectivity index (χ0) is 20.1. The standard InChI is InChI=1S/C22H29N5O2.ClH/c28-20(26-14-2-1-3-15-26)19-7-5-18(6-8-19)17-24-21(29)22(9-12-23-13-10-22)27-16-4-11-25-27;/h4-8,11,16,23H,1-3,9-10,12-15,17H2,(H,24,29);1H. The lowest BCUT2D eigenvalue weighted by molar-refractivity contribution is -0.132. The molecule has 0 radical (unpaired) electrons. The number of hydrogen-bond donors (Lipinski definition) is 2. The molecular weight excluding hydrogens is 402 g/mol. The molecule has 0 spiro atoms. The van der Waals surface area contributed by atoms with Gasteiger partial charge in [0.15, 0.2) is 0 Å². The number of carbonyl (C=O) groups excluding carboxylic acids is 2. The fourth-order valence-corrected chi connectivity index (χ4v) is 4.31. The lowest BCUT2D eigenvalue weighted by Gasteiger charge is -2.36. The maximum atomic E-state index is 13.1. The molecule has 0 unspecified atom stereocenters. The number of hydrogen-bond acceptors (Lipinski definition) is 4. The largest absolute Gasteiger partial charge is 0.350 e. The van der Waals surface area contributed by atoms with Crippen LogP contribution < -0.4 is 10.6 Å². The fraction of sp³-hybridized carbons (Fsp3) is 0.500. The van der Waals surface area contributed by atoms with E-state index in [1.54, 1.807) is 10.9 Å². The molecule has 0 aliphatic carbocycles. The molecule has 1 aromatic carbocycles. The quantitative estimate of drug-likeness (QED) is 0.761. The summed E-state index contributed by atoms with van der Waals surface area (Å²) in [4.78, 5) is 27.6. The van der Waals surface area contributed by atoms with Crippen molar-refractivity contribution in [2.24, 2.45) is 0 Å². The van der Waals surface area contributed by atoms with E-state index in [1.807, 2.05) is 41.4 Å². The zero-order valence-corrected chi connectivity index (χ0v) is 18.0. The van der Waals surface area contributed by atoms with E-state index in [9.17, 15) is 9.59 Å². The number of halogens is 1. The number of likely N-dealkylation sites (tertiary alicyclic amines) is 1. The molecule has 30 heavy (non-hydrogen) atoms. The van der Waals surface area contributed by atoms with Crippen LogP contribution in [0.5, 0.6) is 0 Å². The normalized spacial score (nSPS) is 18.3. The second-order valence-corrected chi connectivity index (χ2v) is 7.96. The summed E-state index contributed by atoms with van der Waals surface area (Å²) < 4.78 is 1.80. The van der Waals surface area contributed by atoms with Crippen LogP contribution in [0.4, 0.5) is 0 Å². The van der Waals surface area contributed by atoms with E-state index in [4.69, 9.17) is 0 Å². The van der Waals surface area contributed by atoms with Gasteiger partial charge in [0.25, 0.3) is 5.91 Å². The van der Waals surface area contributed by atoms with Crippen LogP contribution in [-0.4, -0.2) is 52.7 Å². The summed E-state index contributed by atoms with van der Waals surface area (Å²) in [5.41, 5.74) is 1.06. The number of rotatable bonds is 5. The summed E-state index contributed by atoms with van der Waals surface area (Å²) >= 11 is 0. The zero-order valence-electron chi connectivity index (χ0n) is 17.2. The van der Waals surface area contributed by atoms with Crippen LogP contribution in [0.2, 0.25) is 0 Å². The Labute approximate surface area is 183 Å². The topological polar surface area (TPSA) is 79.3 Å². The van der Waals surface area contributed by atoms with Gasteiger partial charge in [-0.1, -0.05) is 12.1 Å². The van der Waals surface area contributed by atoms with Crippen molar-refractivity contribution in [1.29, 1.82) is 0 Å². The summed E-state index contributed by atoms with van der Waals surface area (Å²) in [6, 6.07) is 9.45. The van der Waals surface area contributed by atoms with Gasteiger partial charge in [-0.3, -0.25) is 14.3 Å². The molecule has 162 valence electrons. The molecule has 2 aliphatic heterocycles. The average molecular weight is 432 g/mol.